The van der Waals surface area contributed by atoms with Crippen LogP contribution in [0, 0.1) is 17.0 Å². The number of ketones is 1. The summed E-state index contributed by atoms with van der Waals surface area (Å²) < 4.78 is 48.4. The van der Waals surface area contributed by atoms with Crippen LogP contribution in [-0.2, 0) is 10.2 Å². The van der Waals surface area contributed by atoms with Gasteiger partial charge in [-0.05, 0) is 69.2 Å². The summed E-state index contributed by atoms with van der Waals surface area (Å²) in [5.74, 6) is -1.66. The number of halogens is 5. The third kappa shape index (κ3) is 6.48. The number of nitro groups is 1. The lowest BCUT2D eigenvalue weighted by Crippen LogP contribution is -2.49. The molecule has 0 unspecified atom stereocenters. The molecule has 34 heavy (non-hydrogen) atoms. The number of carbonyl (C=O) groups excluding carboxylic acids is 2. The molecule has 0 radical (unpaired) electrons. The summed E-state index contributed by atoms with van der Waals surface area (Å²) in [6.45, 7) is 4.92. The summed E-state index contributed by atoms with van der Waals surface area (Å²) in [5.41, 5.74) is -4.25. The highest BCUT2D eigenvalue weighted by atomic mass is 35.5. The summed E-state index contributed by atoms with van der Waals surface area (Å²) >= 11 is 11.7. The predicted octanol–water partition coefficient (Wildman–Crippen LogP) is 6.61. The van der Waals surface area contributed by atoms with E-state index in [4.69, 9.17) is 27.9 Å². The fourth-order valence-corrected chi connectivity index (χ4v) is 3.95. The van der Waals surface area contributed by atoms with Gasteiger partial charge in [0.05, 0.1) is 5.56 Å². The van der Waals surface area contributed by atoms with Crippen LogP contribution >= 0.6 is 23.2 Å². The summed E-state index contributed by atoms with van der Waals surface area (Å²) in [6.07, 6.45) is -6.45. The Labute approximate surface area is 204 Å². The number of rotatable bonds is 7. The monoisotopic (exact) mass is 519 g/mol. The molecule has 0 aliphatic heterocycles. The van der Waals surface area contributed by atoms with Crippen LogP contribution in [0.5, 0.6) is 0 Å². The number of benzene rings is 2. The second-order valence-electron chi connectivity index (χ2n) is 8.86. The van der Waals surface area contributed by atoms with Crippen molar-refractivity contribution in [3.05, 3.63) is 78.8 Å². The van der Waals surface area contributed by atoms with Gasteiger partial charge in [-0.2, -0.15) is 13.2 Å². The first-order valence-electron chi connectivity index (χ1n) is 9.97. The number of hydrogen-bond acceptors (Lipinski definition) is 5. The smallest absolute Gasteiger partial charge is 0.405 e. The minimum absolute atomic E-state index is 0.139. The molecule has 0 aliphatic carbocycles. The number of nitrogens with zero attached hydrogens (tertiary/aromatic N) is 1. The molecule has 0 fully saturated rings. The van der Waals surface area contributed by atoms with Gasteiger partial charge in [0, 0.05) is 27.0 Å². The Morgan fingerprint density at radius 3 is 2.03 bits per heavy atom. The van der Waals surface area contributed by atoms with Crippen molar-refractivity contribution in [3.63, 3.8) is 0 Å². The Morgan fingerprint density at radius 1 is 1.03 bits per heavy atom. The molecule has 0 aliphatic rings. The van der Waals surface area contributed by atoms with E-state index >= 15 is 0 Å². The molecule has 0 saturated carbocycles. The van der Waals surface area contributed by atoms with E-state index in [2.05, 4.69) is 0 Å². The number of hydrogen-bond donors (Lipinski definition) is 0. The minimum atomic E-state index is -5.19. The SMILES string of the molecule is Cc1cc(C(=O)C[C@](C[N+](=O)[O-])(c2cc(Cl)cc(Cl)c2)C(F)(F)F)ccc1C(=O)OC(C)(C)C. The standard InChI is InChI=1S/C23H22Cl2F3NO5/c1-13-7-14(5-6-18(13)20(31)34-21(2,3)4)19(30)11-22(12-29(32)33,23(26,27)28)15-8-16(24)10-17(25)9-15/h5-10H,11-12H2,1-4H3/t22-/m0/s1. The van der Waals surface area contributed by atoms with E-state index in [1.165, 1.54) is 31.2 Å². The first kappa shape index (κ1) is 27.6. The molecule has 6 nitrogen and oxygen atoms in total. The van der Waals surface area contributed by atoms with Gasteiger partial charge in [0.25, 0.3) is 0 Å². The molecular formula is C23H22Cl2F3NO5. The van der Waals surface area contributed by atoms with E-state index in [1.807, 2.05) is 0 Å². The van der Waals surface area contributed by atoms with Crippen molar-refractivity contribution in [3.8, 4) is 0 Å². The van der Waals surface area contributed by atoms with Crippen molar-refractivity contribution in [1.82, 2.24) is 0 Å². The highest BCUT2D eigenvalue weighted by Gasteiger charge is 2.60. The van der Waals surface area contributed by atoms with E-state index in [0.717, 1.165) is 12.1 Å². The lowest BCUT2D eigenvalue weighted by Gasteiger charge is -2.32. The molecule has 2 aromatic rings. The first-order valence-corrected chi connectivity index (χ1v) is 10.7. The lowest BCUT2D eigenvalue weighted by atomic mass is 9.74. The van der Waals surface area contributed by atoms with Gasteiger partial charge >= 0.3 is 12.1 Å². The van der Waals surface area contributed by atoms with Gasteiger partial charge in [-0.1, -0.05) is 29.3 Å². The summed E-state index contributed by atoms with van der Waals surface area (Å²) in [6, 6.07) is 6.71. The molecule has 2 rings (SSSR count). The second-order valence-corrected chi connectivity index (χ2v) is 9.73. The van der Waals surface area contributed by atoms with Crippen LogP contribution in [0.2, 0.25) is 10.0 Å². The zero-order chi connectivity index (χ0) is 26.1. The molecule has 1 atom stereocenters. The van der Waals surface area contributed by atoms with Crippen LogP contribution in [0.4, 0.5) is 13.2 Å². The van der Waals surface area contributed by atoms with E-state index < -0.39 is 52.4 Å². The van der Waals surface area contributed by atoms with Crippen molar-refractivity contribution in [2.24, 2.45) is 0 Å². The zero-order valence-electron chi connectivity index (χ0n) is 18.8. The van der Waals surface area contributed by atoms with Gasteiger partial charge in [-0.25, -0.2) is 4.79 Å². The molecule has 0 saturated heterocycles. The molecule has 0 aromatic heterocycles. The predicted molar refractivity (Wildman–Crippen MR) is 121 cm³/mol. The number of esters is 1. The van der Waals surface area contributed by atoms with Crippen molar-refractivity contribution >= 4 is 35.0 Å². The maximum absolute atomic E-state index is 14.4. The van der Waals surface area contributed by atoms with Crippen LogP contribution in [0.25, 0.3) is 0 Å². The average Bonchev–Trinajstić information content (AvgIpc) is 2.63. The molecule has 0 spiro atoms. The van der Waals surface area contributed by atoms with Crippen LogP contribution in [0.3, 0.4) is 0 Å². The first-order chi connectivity index (χ1) is 15.4. The lowest BCUT2D eigenvalue weighted by molar-refractivity contribution is -0.501. The van der Waals surface area contributed by atoms with Crippen molar-refractivity contribution in [2.45, 2.75) is 51.3 Å². The molecule has 11 heteroatoms. The Bertz CT molecular complexity index is 1110. The zero-order valence-corrected chi connectivity index (χ0v) is 20.3. The van der Waals surface area contributed by atoms with E-state index in [0.29, 0.717) is 5.56 Å². The number of ether oxygens (including phenoxy) is 1. The highest BCUT2D eigenvalue weighted by Crippen LogP contribution is 2.46. The number of aryl methyl sites for hydroxylation is 1. The van der Waals surface area contributed by atoms with Crippen LogP contribution < -0.4 is 0 Å². The largest absolute Gasteiger partial charge is 0.456 e. The molecule has 184 valence electrons. The van der Waals surface area contributed by atoms with Crippen LogP contribution in [0.15, 0.2) is 36.4 Å². The number of carbonyl (C=O) groups is 2. The minimum Gasteiger partial charge on any atom is -0.456 e. The molecule has 0 bridgehead atoms. The molecule has 2 aromatic carbocycles. The number of Topliss-reactive ketones (excluding diaryl/α,β-unsaturated/α-hetero) is 1. The highest BCUT2D eigenvalue weighted by molar-refractivity contribution is 6.34. The van der Waals surface area contributed by atoms with E-state index in [9.17, 15) is 32.9 Å². The van der Waals surface area contributed by atoms with Crippen molar-refractivity contribution in [2.75, 3.05) is 6.54 Å². The van der Waals surface area contributed by atoms with Crippen LogP contribution in [-0.4, -0.2) is 35.0 Å². The third-order valence-corrected chi connectivity index (χ3v) is 5.42. The topological polar surface area (TPSA) is 86.5 Å². The summed E-state index contributed by atoms with van der Waals surface area (Å²) in [5, 5.41) is 11.0. The van der Waals surface area contributed by atoms with E-state index in [-0.39, 0.29) is 21.2 Å². The Balaban J connectivity index is 2.53. The third-order valence-electron chi connectivity index (χ3n) is 4.99. The normalized spacial score (nSPS) is 13.8. The van der Waals surface area contributed by atoms with Gasteiger partial charge < -0.3 is 4.74 Å². The fraction of sp³-hybridized carbons (Fsp3) is 0.391. The molecule has 0 heterocycles. The Kier molecular flexibility index (Phi) is 8.05. The summed E-state index contributed by atoms with van der Waals surface area (Å²) in [7, 11) is 0. The van der Waals surface area contributed by atoms with Gasteiger partial charge in [0.15, 0.2) is 11.2 Å². The van der Waals surface area contributed by atoms with Gasteiger partial charge in [-0.15, -0.1) is 0 Å². The quantitative estimate of drug-likeness (QED) is 0.178. The molecule has 0 amide bonds. The molecule has 0 N–H and O–H groups in total. The summed E-state index contributed by atoms with van der Waals surface area (Å²) in [4.78, 5) is 35.5. The van der Waals surface area contributed by atoms with Gasteiger partial charge in [0.2, 0.25) is 6.54 Å². The van der Waals surface area contributed by atoms with Crippen LogP contribution in [0.1, 0.15) is 59.0 Å². The Morgan fingerprint density at radius 2 is 1.59 bits per heavy atom. The molecular weight excluding hydrogens is 498 g/mol. The van der Waals surface area contributed by atoms with Crippen molar-refractivity contribution < 1.29 is 32.4 Å². The second kappa shape index (κ2) is 9.92. The number of alkyl halides is 3. The van der Waals surface area contributed by atoms with Gasteiger partial charge in [0.1, 0.15) is 5.60 Å². The maximum Gasteiger partial charge on any atom is 0.405 e. The maximum atomic E-state index is 14.4. The average molecular weight is 520 g/mol. The van der Waals surface area contributed by atoms with E-state index in [1.54, 1.807) is 20.8 Å². The fourth-order valence-electron chi connectivity index (χ4n) is 3.43. The Hall–Kier alpha value is -2.65. The van der Waals surface area contributed by atoms with Crippen molar-refractivity contribution in [1.29, 1.82) is 0 Å². The van der Waals surface area contributed by atoms with Gasteiger partial charge in [-0.3, -0.25) is 14.9 Å².